The summed E-state index contributed by atoms with van der Waals surface area (Å²) in [4.78, 5) is 2.65. The van der Waals surface area contributed by atoms with Crippen LogP contribution in [0.15, 0.2) is 0 Å². The summed E-state index contributed by atoms with van der Waals surface area (Å²) in [7, 11) is -2.82. The van der Waals surface area contributed by atoms with Crippen molar-refractivity contribution in [3.8, 4) is 0 Å². The van der Waals surface area contributed by atoms with Crippen molar-refractivity contribution in [2.75, 3.05) is 24.6 Å². The van der Waals surface area contributed by atoms with Crippen LogP contribution < -0.4 is 5.73 Å². The predicted octanol–water partition coefficient (Wildman–Crippen LogP) is 0.172. The lowest BCUT2D eigenvalue weighted by Gasteiger charge is -2.26. The number of nitrogens with two attached hydrogens (primary N) is 1. The Bertz CT molecular complexity index is 327. The van der Waals surface area contributed by atoms with Crippen LogP contribution in [0.25, 0.3) is 0 Å². The summed E-state index contributed by atoms with van der Waals surface area (Å²) in [6, 6.07) is 0.246. The standard InChI is InChI=1S/C9H18N2O2S2/c1-8(7-9(10)14)11-3-2-5-15(12,13)6-4-11/h8H,2-7H2,1H3,(H2,10,14). The van der Waals surface area contributed by atoms with E-state index in [0.717, 1.165) is 6.54 Å². The first-order valence-corrected chi connectivity index (χ1v) is 7.36. The molecule has 1 atom stereocenters. The third kappa shape index (κ3) is 4.44. The average molecular weight is 250 g/mol. The monoisotopic (exact) mass is 250 g/mol. The molecule has 0 amide bonds. The maximum atomic E-state index is 11.4. The Kier molecular flexibility index (Phi) is 4.48. The lowest BCUT2D eigenvalue weighted by Crippen LogP contribution is -2.37. The molecule has 2 N–H and O–H groups in total. The number of thiocarbonyl (C=S) groups is 1. The Morgan fingerprint density at radius 2 is 2.13 bits per heavy atom. The van der Waals surface area contributed by atoms with Crippen LogP contribution in [0.1, 0.15) is 19.8 Å². The van der Waals surface area contributed by atoms with E-state index in [1.54, 1.807) is 0 Å². The van der Waals surface area contributed by atoms with Crippen LogP contribution in [0.4, 0.5) is 0 Å². The second kappa shape index (κ2) is 5.23. The molecule has 15 heavy (non-hydrogen) atoms. The van der Waals surface area contributed by atoms with Crippen LogP contribution in [0.5, 0.6) is 0 Å². The quantitative estimate of drug-likeness (QED) is 0.724. The molecule has 0 spiro atoms. The van der Waals surface area contributed by atoms with E-state index in [1.807, 2.05) is 6.92 Å². The van der Waals surface area contributed by atoms with Crippen molar-refractivity contribution in [3.63, 3.8) is 0 Å². The summed E-state index contributed by atoms with van der Waals surface area (Å²) in [5.41, 5.74) is 5.48. The van der Waals surface area contributed by atoms with Crippen molar-refractivity contribution in [1.29, 1.82) is 0 Å². The zero-order valence-electron chi connectivity index (χ0n) is 8.98. The number of sulfone groups is 1. The largest absolute Gasteiger partial charge is 0.393 e. The number of hydrogen-bond acceptors (Lipinski definition) is 4. The van der Waals surface area contributed by atoms with Crippen LogP contribution in [0, 0.1) is 0 Å². The highest BCUT2D eigenvalue weighted by Crippen LogP contribution is 2.10. The SMILES string of the molecule is CC(CC(N)=S)N1CCCS(=O)(=O)CC1. The third-order valence-electron chi connectivity index (χ3n) is 2.71. The van der Waals surface area contributed by atoms with Gasteiger partial charge in [0.25, 0.3) is 0 Å². The zero-order chi connectivity index (χ0) is 11.5. The van der Waals surface area contributed by atoms with E-state index in [2.05, 4.69) is 4.90 Å². The van der Waals surface area contributed by atoms with Gasteiger partial charge < -0.3 is 5.73 Å². The number of nitrogens with zero attached hydrogens (tertiary/aromatic N) is 1. The molecule has 1 aliphatic heterocycles. The lowest BCUT2D eigenvalue weighted by molar-refractivity contribution is 0.230. The zero-order valence-corrected chi connectivity index (χ0v) is 10.6. The van der Waals surface area contributed by atoms with Crippen molar-refractivity contribution in [1.82, 2.24) is 4.90 Å². The second-order valence-electron chi connectivity index (χ2n) is 4.06. The Morgan fingerprint density at radius 3 is 2.73 bits per heavy atom. The molecule has 1 rings (SSSR count). The fraction of sp³-hybridized carbons (Fsp3) is 0.889. The Hall–Kier alpha value is -0.200. The normalized spacial score (nSPS) is 24.3. The van der Waals surface area contributed by atoms with E-state index in [1.165, 1.54) is 0 Å². The maximum absolute atomic E-state index is 11.4. The molecule has 0 saturated carbocycles. The summed E-state index contributed by atoms with van der Waals surface area (Å²) in [6.45, 7) is 3.46. The Morgan fingerprint density at radius 1 is 1.47 bits per heavy atom. The first kappa shape index (κ1) is 12.9. The molecule has 0 radical (unpaired) electrons. The van der Waals surface area contributed by atoms with E-state index in [9.17, 15) is 8.42 Å². The van der Waals surface area contributed by atoms with E-state index >= 15 is 0 Å². The van der Waals surface area contributed by atoms with Crippen molar-refractivity contribution in [2.45, 2.75) is 25.8 Å². The van der Waals surface area contributed by atoms with Crippen molar-refractivity contribution >= 4 is 27.0 Å². The molecule has 1 heterocycles. The van der Waals surface area contributed by atoms with Crippen LogP contribution in [0.2, 0.25) is 0 Å². The van der Waals surface area contributed by atoms with Gasteiger partial charge in [0.05, 0.1) is 16.5 Å². The van der Waals surface area contributed by atoms with E-state index in [0.29, 0.717) is 30.1 Å². The second-order valence-corrected chi connectivity index (χ2v) is 6.89. The lowest BCUT2D eigenvalue weighted by atomic mass is 10.2. The van der Waals surface area contributed by atoms with E-state index in [-0.39, 0.29) is 11.8 Å². The minimum Gasteiger partial charge on any atom is -0.393 e. The average Bonchev–Trinajstić information content (AvgIpc) is 2.25. The van der Waals surface area contributed by atoms with Gasteiger partial charge in [-0.1, -0.05) is 12.2 Å². The van der Waals surface area contributed by atoms with Crippen LogP contribution in [-0.4, -0.2) is 48.9 Å². The summed E-state index contributed by atoms with van der Waals surface area (Å²) in [6.07, 6.45) is 1.37. The van der Waals surface area contributed by atoms with Gasteiger partial charge in [0.1, 0.15) is 0 Å². The van der Waals surface area contributed by atoms with Crippen molar-refractivity contribution in [3.05, 3.63) is 0 Å². The Balaban J connectivity index is 2.54. The molecule has 1 unspecified atom stereocenters. The molecule has 0 aliphatic carbocycles. The van der Waals surface area contributed by atoms with Gasteiger partial charge in [-0.15, -0.1) is 0 Å². The molecule has 88 valence electrons. The maximum Gasteiger partial charge on any atom is 0.151 e. The minimum atomic E-state index is -2.82. The summed E-state index contributed by atoms with van der Waals surface area (Å²) >= 11 is 4.85. The van der Waals surface area contributed by atoms with Gasteiger partial charge in [0.2, 0.25) is 0 Å². The van der Waals surface area contributed by atoms with Crippen LogP contribution in [0.3, 0.4) is 0 Å². The van der Waals surface area contributed by atoms with Gasteiger partial charge in [0, 0.05) is 19.0 Å². The van der Waals surface area contributed by atoms with Crippen LogP contribution in [-0.2, 0) is 9.84 Å². The molecule has 0 aromatic rings. The van der Waals surface area contributed by atoms with Gasteiger partial charge in [-0.3, -0.25) is 4.90 Å². The Labute approximate surface area is 96.7 Å². The van der Waals surface area contributed by atoms with Gasteiger partial charge in [-0.2, -0.15) is 0 Å². The highest BCUT2D eigenvalue weighted by atomic mass is 32.2. The fourth-order valence-electron chi connectivity index (χ4n) is 1.82. The van der Waals surface area contributed by atoms with Gasteiger partial charge in [0.15, 0.2) is 9.84 Å². The minimum absolute atomic E-state index is 0.246. The molecule has 1 aliphatic rings. The molecule has 0 aromatic heterocycles. The summed E-state index contributed by atoms with van der Waals surface area (Å²) in [5, 5.41) is 0. The molecule has 0 aromatic carbocycles. The topological polar surface area (TPSA) is 63.4 Å². The molecular weight excluding hydrogens is 232 g/mol. The highest BCUT2D eigenvalue weighted by molar-refractivity contribution is 7.91. The smallest absolute Gasteiger partial charge is 0.151 e. The van der Waals surface area contributed by atoms with Crippen molar-refractivity contribution in [2.24, 2.45) is 5.73 Å². The predicted molar refractivity (Wildman–Crippen MR) is 65.7 cm³/mol. The van der Waals surface area contributed by atoms with Gasteiger partial charge in [-0.05, 0) is 19.9 Å². The number of hydrogen-bond donors (Lipinski definition) is 1. The third-order valence-corrected chi connectivity index (χ3v) is 4.59. The molecule has 0 bridgehead atoms. The van der Waals surface area contributed by atoms with Crippen LogP contribution >= 0.6 is 12.2 Å². The molecule has 1 saturated heterocycles. The van der Waals surface area contributed by atoms with Gasteiger partial charge >= 0.3 is 0 Å². The van der Waals surface area contributed by atoms with Crippen molar-refractivity contribution < 1.29 is 8.42 Å². The first-order chi connectivity index (χ1) is 6.91. The summed E-state index contributed by atoms with van der Waals surface area (Å²) in [5.74, 6) is 0.567. The molecule has 6 heteroatoms. The van der Waals surface area contributed by atoms with E-state index in [4.69, 9.17) is 18.0 Å². The summed E-state index contributed by atoms with van der Waals surface area (Å²) < 4.78 is 22.8. The first-order valence-electron chi connectivity index (χ1n) is 5.13. The van der Waals surface area contributed by atoms with Gasteiger partial charge in [-0.25, -0.2) is 8.42 Å². The highest BCUT2D eigenvalue weighted by Gasteiger charge is 2.22. The molecular formula is C9H18N2O2S2. The molecule has 4 nitrogen and oxygen atoms in total. The molecule has 1 fully saturated rings. The fourth-order valence-corrected chi connectivity index (χ4v) is 3.35. The number of rotatable bonds is 3. The van der Waals surface area contributed by atoms with E-state index < -0.39 is 9.84 Å².